The van der Waals surface area contributed by atoms with Crippen molar-refractivity contribution >= 4 is 11.6 Å². The van der Waals surface area contributed by atoms with Gasteiger partial charge in [-0.1, -0.05) is 30.3 Å². The number of hydrogen-bond acceptors (Lipinski definition) is 4. The minimum absolute atomic E-state index is 0.0906. The number of piperidine rings is 1. The van der Waals surface area contributed by atoms with Crippen LogP contribution in [0.15, 0.2) is 54.6 Å². The predicted molar refractivity (Wildman–Crippen MR) is 111 cm³/mol. The number of para-hydroxylation sites is 1. The minimum atomic E-state index is 0.0906. The first-order valence-electron chi connectivity index (χ1n) is 10.1. The van der Waals surface area contributed by atoms with Crippen molar-refractivity contribution in [2.45, 2.75) is 32.3 Å². The van der Waals surface area contributed by atoms with Crippen LogP contribution in [0.5, 0.6) is 5.75 Å². The summed E-state index contributed by atoms with van der Waals surface area (Å²) >= 11 is 0. The fourth-order valence-electron chi connectivity index (χ4n) is 3.39. The van der Waals surface area contributed by atoms with Gasteiger partial charge in [0.15, 0.2) is 0 Å². The third-order valence-corrected chi connectivity index (χ3v) is 4.96. The molecule has 1 aliphatic rings. The fraction of sp³-hybridized carbons (Fsp3) is 0.435. The first-order chi connectivity index (χ1) is 13.8. The molecule has 1 saturated heterocycles. The Morgan fingerprint density at radius 3 is 2.68 bits per heavy atom. The van der Waals surface area contributed by atoms with Crippen molar-refractivity contribution in [1.82, 2.24) is 5.32 Å². The fourth-order valence-corrected chi connectivity index (χ4v) is 3.39. The maximum atomic E-state index is 12.2. The molecule has 1 heterocycles. The van der Waals surface area contributed by atoms with Gasteiger partial charge in [0.05, 0.1) is 13.2 Å². The van der Waals surface area contributed by atoms with Crippen LogP contribution in [-0.2, 0) is 16.1 Å². The minimum Gasteiger partial charge on any atom is -0.491 e. The number of rotatable bonds is 10. The molecule has 28 heavy (non-hydrogen) atoms. The molecule has 0 aromatic heterocycles. The van der Waals surface area contributed by atoms with Gasteiger partial charge in [0.2, 0.25) is 5.91 Å². The molecule has 150 valence electrons. The van der Waals surface area contributed by atoms with Gasteiger partial charge in [-0.3, -0.25) is 4.79 Å². The summed E-state index contributed by atoms with van der Waals surface area (Å²) in [4.78, 5) is 12.2. The number of amides is 1. The summed E-state index contributed by atoms with van der Waals surface area (Å²) in [6.07, 6.45) is 3.90. The quantitative estimate of drug-likeness (QED) is 0.610. The Morgan fingerprint density at radius 2 is 1.86 bits per heavy atom. The molecule has 0 bridgehead atoms. The molecule has 3 rings (SSSR count). The lowest BCUT2D eigenvalue weighted by Crippen LogP contribution is -2.28. The number of benzene rings is 2. The molecular weight excluding hydrogens is 352 g/mol. The van der Waals surface area contributed by atoms with Gasteiger partial charge < -0.3 is 20.1 Å². The van der Waals surface area contributed by atoms with E-state index in [0.29, 0.717) is 32.2 Å². The van der Waals surface area contributed by atoms with Gasteiger partial charge in [0, 0.05) is 12.1 Å². The number of carbonyl (C=O) groups excluding carboxylic acids is 1. The van der Waals surface area contributed by atoms with Gasteiger partial charge in [0.1, 0.15) is 12.4 Å². The maximum Gasteiger partial charge on any atom is 0.224 e. The Kier molecular flexibility index (Phi) is 8.34. The van der Waals surface area contributed by atoms with Gasteiger partial charge in [0.25, 0.3) is 0 Å². The highest BCUT2D eigenvalue weighted by atomic mass is 16.5. The molecule has 1 amide bonds. The second-order valence-electron chi connectivity index (χ2n) is 7.19. The van der Waals surface area contributed by atoms with Crippen LogP contribution in [0.25, 0.3) is 0 Å². The Balaban J connectivity index is 1.34. The topological polar surface area (TPSA) is 59.6 Å². The smallest absolute Gasteiger partial charge is 0.224 e. The zero-order valence-corrected chi connectivity index (χ0v) is 16.4. The Hall–Kier alpha value is -2.37. The average Bonchev–Trinajstić information content (AvgIpc) is 2.74. The Bertz CT molecular complexity index is 715. The van der Waals surface area contributed by atoms with Crippen molar-refractivity contribution in [2.24, 2.45) is 5.92 Å². The number of ether oxygens (including phenoxy) is 2. The molecule has 1 aliphatic heterocycles. The Labute approximate surface area is 167 Å². The number of hydrogen-bond donors (Lipinski definition) is 2. The van der Waals surface area contributed by atoms with Gasteiger partial charge in [-0.25, -0.2) is 0 Å². The van der Waals surface area contributed by atoms with E-state index >= 15 is 0 Å². The normalized spacial score (nSPS) is 14.6. The molecule has 2 aromatic carbocycles. The van der Waals surface area contributed by atoms with Crippen LogP contribution in [0.1, 0.15) is 31.2 Å². The standard InChI is InChI=1S/C23H30N2O3/c26-23(10-9-19-11-13-24-14-12-19)25-21-6-4-5-20(17-21)18-27-15-16-28-22-7-2-1-3-8-22/h1-8,17,19,24H,9-16,18H2,(H,25,26). The molecule has 0 saturated carbocycles. The Morgan fingerprint density at radius 1 is 1.04 bits per heavy atom. The van der Waals surface area contributed by atoms with Crippen LogP contribution in [-0.4, -0.2) is 32.2 Å². The summed E-state index contributed by atoms with van der Waals surface area (Å²) in [5, 5.41) is 6.37. The maximum absolute atomic E-state index is 12.2. The second-order valence-corrected chi connectivity index (χ2v) is 7.19. The zero-order valence-electron chi connectivity index (χ0n) is 16.4. The molecular formula is C23H30N2O3. The average molecular weight is 383 g/mol. The third kappa shape index (κ3) is 7.33. The summed E-state index contributed by atoms with van der Waals surface area (Å²) in [6, 6.07) is 17.6. The molecule has 2 aromatic rings. The lowest BCUT2D eigenvalue weighted by molar-refractivity contribution is -0.116. The van der Waals surface area contributed by atoms with Crippen molar-refractivity contribution in [1.29, 1.82) is 0 Å². The molecule has 0 unspecified atom stereocenters. The molecule has 5 nitrogen and oxygen atoms in total. The van der Waals surface area contributed by atoms with E-state index in [1.54, 1.807) is 0 Å². The van der Waals surface area contributed by atoms with Crippen LogP contribution in [0.4, 0.5) is 5.69 Å². The summed E-state index contributed by atoms with van der Waals surface area (Å²) in [7, 11) is 0. The van der Waals surface area contributed by atoms with Gasteiger partial charge >= 0.3 is 0 Å². The highest BCUT2D eigenvalue weighted by Gasteiger charge is 2.14. The molecule has 0 atom stereocenters. The van der Waals surface area contributed by atoms with Crippen LogP contribution in [0.2, 0.25) is 0 Å². The molecule has 2 N–H and O–H groups in total. The van der Waals surface area contributed by atoms with Crippen molar-refractivity contribution in [3.05, 3.63) is 60.2 Å². The van der Waals surface area contributed by atoms with Crippen LogP contribution >= 0.6 is 0 Å². The molecule has 0 spiro atoms. The highest BCUT2D eigenvalue weighted by Crippen LogP contribution is 2.19. The molecule has 1 fully saturated rings. The highest BCUT2D eigenvalue weighted by molar-refractivity contribution is 5.90. The first-order valence-corrected chi connectivity index (χ1v) is 10.1. The predicted octanol–water partition coefficient (Wildman–Crippen LogP) is 4.00. The van der Waals surface area contributed by atoms with Gasteiger partial charge in [-0.05, 0) is 68.1 Å². The number of carbonyl (C=O) groups is 1. The lowest BCUT2D eigenvalue weighted by atomic mass is 9.93. The van der Waals surface area contributed by atoms with E-state index < -0.39 is 0 Å². The molecule has 0 aliphatic carbocycles. The SMILES string of the molecule is O=C(CCC1CCNCC1)Nc1cccc(COCCOc2ccccc2)c1. The van der Waals surface area contributed by atoms with Crippen LogP contribution in [0.3, 0.4) is 0 Å². The largest absolute Gasteiger partial charge is 0.491 e. The summed E-state index contributed by atoms with van der Waals surface area (Å²) in [6.45, 7) is 3.67. The van der Waals surface area contributed by atoms with E-state index in [9.17, 15) is 4.79 Å². The lowest BCUT2D eigenvalue weighted by Gasteiger charge is -2.22. The summed E-state index contributed by atoms with van der Waals surface area (Å²) < 4.78 is 11.3. The van der Waals surface area contributed by atoms with Crippen molar-refractivity contribution in [3.63, 3.8) is 0 Å². The third-order valence-electron chi connectivity index (χ3n) is 4.96. The van der Waals surface area contributed by atoms with E-state index in [0.717, 1.165) is 36.5 Å². The summed E-state index contributed by atoms with van der Waals surface area (Å²) in [5.41, 5.74) is 1.87. The van der Waals surface area contributed by atoms with Crippen LogP contribution in [0, 0.1) is 5.92 Å². The van der Waals surface area contributed by atoms with E-state index in [2.05, 4.69) is 10.6 Å². The number of anilines is 1. The first kappa shape index (κ1) is 20.4. The van der Waals surface area contributed by atoms with Crippen molar-refractivity contribution < 1.29 is 14.3 Å². The van der Waals surface area contributed by atoms with Gasteiger partial charge in [-0.15, -0.1) is 0 Å². The van der Waals surface area contributed by atoms with Crippen molar-refractivity contribution in [3.8, 4) is 5.75 Å². The van der Waals surface area contributed by atoms with E-state index in [1.807, 2.05) is 54.6 Å². The van der Waals surface area contributed by atoms with E-state index in [1.165, 1.54) is 12.8 Å². The van der Waals surface area contributed by atoms with Crippen molar-refractivity contribution in [2.75, 3.05) is 31.6 Å². The molecule has 5 heteroatoms. The monoisotopic (exact) mass is 382 g/mol. The van der Waals surface area contributed by atoms with Crippen LogP contribution < -0.4 is 15.4 Å². The van der Waals surface area contributed by atoms with E-state index in [4.69, 9.17) is 9.47 Å². The second kappa shape index (κ2) is 11.5. The zero-order chi connectivity index (χ0) is 19.4. The summed E-state index contributed by atoms with van der Waals surface area (Å²) in [5.74, 6) is 1.61. The number of nitrogens with one attached hydrogen (secondary N) is 2. The molecule has 0 radical (unpaired) electrons. The van der Waals surface area contributed by atoms with Gasteiger partial charge in [-0.2, -0.15) is 0 Å². The van der Waals surface area contributed by atoms with E-state index in [-0.39, 0.29) is 5.91 Å².